The second-order valence-electron chi connectivity index (χ2n) is 5.24. The summed E-state index contributed by atoms with van der Waals surface area (Å²) in [5.41, 5.74) is -0.383. The first-order valence-corrected chi connectivity index (χ1v) is 6.68. The van der Waals surface area contributed by atoms with Crippen LogP contribution in [0.5, 0.6) is 0 Å². The van der Waals surface area contributed by atoms with Crippen LogP contribution in [0.3, 0.4) is 0 Å². The molecule has 2 rings (SSSR count). The summed E-state index contributed by atoms with van der Waals surface area (Å²) in [7, 11) is 0. The molecule has 20 heavy (non-hydrogen) atoms. The maximum atomic E-state index is 13.4. The minimum atomic E-state index is -0.767. The van der Waals surface area contributed by atoms with Crippen molar-refractivity contribution in [2.75, 3.05) is 25.0 Å². The van der Waals surface area contributed by atoms with Gasteiger partial charge in [0.05, 0.1) is 0 Å². The summed E-state index contributed by atoms with van der Waals surface area (Å²) in [4.78, 5) is 12.9. The van der Waals surface area contributed by atoms with Crippen molar-refractivity contribution in [2.24, 2.45) is 0 Å². The van der Waals surface area contributed by atoms with Gasteiger partial charge < -0.3 is 15.0 Å². The SMILES string of the molecule is C[C@H]1C[NH+](CC(=O)Nc2c(F)cccc2F)C[C@H](C)O1. The molecule has 0 aromatic heterocycles. The summed E-state index contributed by atoms with van der Waals surface area (Å²) in [6.07, 6.45) is 0.151. The van der Waals surface area contributed by atoms with Crippen molar-refractivity contribution in [1.82, 2.24) is 0 Å². The Morgan fingerprint density at radius 2 is 1.85 bits per heavy atom. The number of ether oxygens (including phenoxy) is 1. The Labute approximate surface area is 116 Å². The molecule has 6 heteroatoms. The number of quaternary nitrogens is 1. The van der Waals surface area contributed by atoms with Gasteiger partial charge in [0, 0.05) is 0 Å². The number of anilines is 1. The van der Waals surface area contributed by atoms with Gasteiger partial charge in [-0.05, 0) is 26.0 Å². The monoisotopic (exact) mass is 285 g/mol. The number of hydrogen-bond acceptors (Lipinski definition) is 2. The second-order valence-corrected chi connectivity index (χ2v) is 5.24. The topological polar surface area (TPSA) is 42.8 Å². The standard InChI is InChI=1S/C14H18F2N2O2/c1-9-6-18(7-10(2)20-9)8-13(19)17-14-11(15)4-3-5-12(14)16/h3-5,9-10H,6-8H2,1-2H3,(H,17,19)/p+1/t9-,10-/m0/s1. The van der Waals surface area contributed by atoms with E-state index >= 15 is 0 Å². The van der Waals surface area contributed by atoms with E-state index < -0.39 is 17.5 Å². The zero-order chi connectivity index (χ0) is 14.7. The average molecular weight is 285 g/mol. The third-order valence-corrected chi connectivity index (χ3v) is 3.25. The Morgan fingerprint density at radius 1 is 1.30 bits per heavy atom. The van der Waals surface area contributed by atoms with Crippen LogP contribution in [0, 0.1) is 11.6 Å². The number of carbonyl (C=O) groups excluding carboxylic acids is 1. The van der Waals surface area contributed by atoms with E-state index in [-0.39, 0.29) is 24.4 Å². The predicted octanol–water partition coefficient (Wildman–Crippen LogP) is 0.595. The normalized spacial score (nSPS) is 26.3. The van der Waals surface area contributed by atoms with Gasteiger partial charge in [-0.3, -0.25) is 4.79 Å². The fraction of sp³-hybridized carbons (Fsp3) is 0.500. The molecule has 1 saturated heterocycles. The Kier molecular flexibility index (Phi) is 4.67. The van der Waals surface area contributed by atoms with Crippen LogP contribution in [-0.2, 0) is 9.53 Å². The highest BCUT2D eigenvalue weighted by Gasteiger charge is 2.27. The maximum absolute atomic E-state index is 13.4. The van der Waals surface area contributed by atoms with Crippen LogP contribution in [-0.4, -0.2) is 37.7 Å². The van der Waals surface area contributed by atoms with Gasteiger partial charge in [-0.15, -0.1) is 0 Å². The second kappa shape index (κ2) is 6.28. The number of benzene rings is 1. The highest BCUT2D eigenvalue weighted by Crippen LogP contribution is 2.17. The van der Waals surface area contributed by atoms with Crippen molar-refractivity contribution < 1.29 is 23.2 Å². The molecule has 1 aromatic rings. The number of rotatable bonds is 3. The van der Waals surface area contributed by atoms with E-state index in [2.05, 4.69) is 5.32 Å². The number of nitrogens with one attached hydrogen (secondary N) is 2. The zero-order valence-corrected chi connectivity index (χ0v) is 11.6. The molecule has 2 N–H and O–H groups in total. The number of amides is 1. The van der Waals surface area contributed by atoms with Gasteiger partial charge in [-0.2, -0.15) is 0 Å². The van der Waals surface area contributed by atoms with E-state index in [1.807, 2.05) is 13.8 Å². The van der Waals surface area contributed by atoms with Gasteiger partial charge in [0.25, 0.3) is 5.91 Å². The molecular formula is C14H19F2N2O2+. The number of carbonyl (C=O) groups is 1. The van der Waals surface area contributed by atoms with Crippen LogP contribution in [0.4, 0.5) is 14.5 Å². The molecular weight excluding hydrogens is 266 g/mol. The molecule has 1 heterocycles. The summed E-state index contributed by atoms with van der Waals surface area (Å²) in [5, 5.41) is 2.30. The largest absolute Gasteiger partial charge is 0.364 e. The van der Waals surface area contributed by atoms with Crippen molar-refractivity contribution in [3.05, 3.63) is 29.8 Å². The predicted molar refractivity (Wildman–Crippen MR) is 70.6 cm³/mol. The van der Waals surface area contributed by atoms with Crippen molar-refractivity contribution in [2.45, 2.75) is 26.1 Å². The first-order valence-electron chi connectivity index (χ1n) is 6.68. The molecule has 0 bridgehead atoms. The molecule has 1 aliphatic rings. The van der Waals surface area contributed by atoms with Crippen molar-refractivity contribution >= 4 is 11.6 Å². The minimum absolute atomic E-state index is 0.0757. The molecule has 0 unspecified atom stereocenters. The fourth-order valence-electron chi connectivity index (χ4n) is 2.56. The van der Waals surface area contributed by atoms with E-state index in [0.29, 0.717) is 13.1 Å². The summed E-state index contributed by atoms with van der Waals surface area (Å²) in [5.74, 6) is -1.93. The molecule has 1 amide bonds. The molecule has 0 radical (unpaired) electrons. The van der Waals surface area contributed by atoms with Gasteiger partial charge in [-0.25, -0.2) is 8.78 Å². The van der Waals surface area contributed by atoms with Crippen LogP contribution in [0.25, 0.3) is 0 Å². The number of para-hydroxylation sites is 1. The van der Waals surface area contributed by atoms with Crippen molar-refractivity contribution in [3.63, 3.8) is 0 Å². The molecule has 1 fully saturated rings. The zero-order valence-electron chi connectivity index (χ0n) is 11.6. The van der Waals surface area contributed by atoms with Crippen LogP contribution in [0.15, 0.2) is 18.2 Å². The molecule has 1 aromatic carbocycles. The summed E-state index contributed by atoms with van der Waals surface area (Å²) >= 11 is 0. The number of morpholine rings is 1. The summed E-state index contributed by atoms with van der Waals surface area (Å²) < 4.78 is 32.4. The Hall–Kier alpha value is -1.53. The van der Waals surface area contributed by atoms with E-state index in [9.17, 15) is 13.6 Å². The highest BCUT2D eigenvalue weighted by atomic mass is 19.1. The van der Waals surface area contributed by atoms with Gasteiger partial charge in [0.2, 0.25) is 0 Å². The fourth-order valence-corrected chi connectivity index (χ4v) is 2.56. The van der Waals surface area contributed by atoms with Gasteiger partial charge in [0.15, 0.2) is 6.54 Å². The molecule has 0 spiro atoms. The molecule has 2 atom stereocenters. The third-order valence-electron chi connectivity index (χ3n) is 3.25. The Balaban J connectivity index is 1.95. The lowest BCUT2D eigenvalue weighted by Crippen LogP contribution is -3.16. The average Bonchev–Trinajstić information content (AvgIpc) is 2.32. The number of halogens is 2. The van der Waals surface area contributed by atoms with Crippen LogP contribution >= 0.6 is 0 Å². The molecule has 4 nitrogen and oxygen atoms in total. The molecule has 1 aliphatic heterocycles. The lowest BCUT2D eigenvalue weighted by atomic mass is 10.2. The summed E-state index contributed by atoms with van der Waals surface area (Å²) in [6.45, 7) is 5.48. The van der Waals surface area contributed by atoms with Crippen molar-refractivity contribution in [1.29, 1.82) is 0 Å². The lowest BCUT2D eigenvalue weighted by Gasteiger charge is -2.31. The molecule has 0 aliphatic carbocycles. The van der Waals surface area contributed by atoms with Gasteiger partial charge in [0.1, 0.15) is 42.6 Å². The van der Waals surface area contributed by atoms with E-state index in [0.717, 1.165) is 17.0 Å². The Bertz CT molecular complexity index is 466. The quantitative estimate of drug-likeness (QED) is 0.854. The third kappa shape index (κ3) is 3.74. The van der Waals surface area contributed by atoms with Crippen molar-refractivity contribution in [3.8, 4) is 0 Å². The smallest absolute Gasteiger partial charge is 0.279 e. The first-order chi connectivity index (χ1) is 9.45. The van der Waals surface area contributed by atoms with Crippen LogP contribution < -0.4 is 10.2 Å². The van der Waals surface area contributed by atoms with Gasteiger partial charge >= 0.3 is 0 Å². The van der Waals surface area contributed by atoms with E-state index in [1.165, 1.54) is 6.07 Å². The van der Waals surface area contributed by atoms with E-state index in [4.69, 9.17) is 4.74 Å². The maximum Gasteiger partial charge on any atom is 0.279 e. The lowest BCUT2D eigenvalue weighted by molar-refractivity contribution is -0.907. The molecule has 110 valence electrons. The highest BCUT2D eigenvalue weighted by molar-refractivity contribution is 5.91. The van der Waals surface area contributed by atoms with Crippen LogP contribution in [0.1, 0.15) is 13.8 Å². The van der Waals surface area contributed by atoms with Crippen LogP contribution in [0.2, 0.25) is 0 Å². The Morgan fingerprint density at radius 3 is 2.40 bits per heavy atom. The first kappa shape index (κ1) is 14.9. The number of hydrogen-bond donors (Lipinski definition) is 2. The van der Waals surface area contributed by atoms with E-state index in [1.54, 1.807) is 0 Å². The van der Waals surface area contributed by atoms with Gasteiger partial charge in [-0.1, -0.05) is 6.07 Å². The molecule has 0 saturated carbocycles. The summed E-state index contributed by atoms with van der Waals surface area (Å²) in [6, 6.07) is 3.49. The minimum Gasteiger partial charge on any atom is -0.364 e.